The minimum absolute atomic E-state index is 0.0727. The van der Waals surface area contributed by atoms with Crippen molar-refractivity contribution in [1.82, 2.24) is 0 Å². The highest BCUT2D eigenvalue weighted by Crippen LogP contribution is 2.32. The van der Waals surface area contributed by atoms with Gasteiger partial charge >= 0.3 is 0 Å². The molecule has 0 heterocycles. The summed E-state index contributed by atoms with van der Waals surface area (Å²) in [5, 5.41) is 0. The Morgan fingerprint density at radius 2 is 1.70 bits per heavy atom. The van der Waals surface area contributed by atoms with Crippen molar-refractivity contribution in [2.45, 2.75) is 31.9 Å². The molecule has 0 spiro atoms. The Bertz CT molecular complexity index is 763. The second-order valence-corrected chi connectivity index (χ2v) is 8.23. The topological polar surface area (TPSA) is 55.4 Å². The summed E-state index contributed by atoms with van der Waals surface area (Å²) in [5.74, 6) is 0.436. The number of rotatable bonds is 5. The molecular formula is C18H23NO3S. The van der Waals surface area contributed by atoms with Crippen LogP contribution in [0.5, 0.6) is 5.75 Å². The van der Waals surface area contributed by atoms with E-state index in [2.05, 4.69) is 25.5 Å². The zero-order chi connectivity index (χ0) is 17.1. The number of methoxy groups -OCH3 is 1. The molecule has 2 rings (SSSR count). The van der Waals surface area contributed by atoms with Crippen molar-refractivity contribution in [3.63, 3.8) is 0 Å². The molecule has 2 aromatic carbocycles. The van der Waals surface area contributed by atoms with Gasteiger partial charge in [0.15, 0.2) is 0 Å². The zero-order valence-corrected chi connectivity index (χ0v) is 14.8. The predicted molar refractivity (Wildman–Crippen MR) is 94.4 cm³/mol. The molecule has 0 aromatic heterocycles. The van der Waals surface area contributed by atoms with Gasteiger partial charge in [-0.1, -0.05) is 57.2 Å². The van der Waals surface area contributed by atoms with Gasteiger partial charge in [0.25, 0.3) is 0 Å². The van der Waals surface area contributed by atoms with Crippen molar-refractivity contribution in [3.05, 3.63) is 59.7 Å². The number of sulfonamides is 1. The average Bonchev–Trinajstić information content (AvgIpc) is 2.46. The smallest absolute Gasteiger partial charge is 0.237 e. The molecule has 0 unspecified atom stereocenters. The first-order chi connectivity index (χ1) is 10.7. The molecule has 2 aromatic rings. The van der Waals surface area contributed by atoms with Crippen LogP contribution in [0, 0.1) is 0 Å². The van der Waals surface area contributed by atoms with Crippen molar-refractivity contribution in [2.75, 3.05) is 11.8 Å². The average molecular weight is 333 g/mol. The monoisotopic (exact) mass is 333 g/mol. The lowest BCUT2D eigenvalue weighted by Gasteiger charge is -2.21. The van der Waals surface area contributed by atoms with Crippen LogP contribution in [-0.4, -0.2) is 15.5 Å². The van der Waals surface area contributed by atoms with Gasteiger partial charge in [-0.05, 0) is 28.7 Å². The molecule has 0 bridgehead atoms. The molecule has 0 saturated heterocycles. The van der Waals surface area contributed by atoms with E-state index in [-0.39, 0.29) is 11.2 Å². The van der Waals surface area contributed by atoms with E-state index in [0.717, 1.165) is 11.1 Å². The molecule has 0 aliphatic rings. The number of anilines is 1. The highest BCUT2D eigenvalue weighted by Gasteiger charge is 2.19. The molecule has 0 radical (unpaired) electrons. The highest BCUT2D eigenvalue weighted by atomic mass is 32.2. The third-order valence-electron chi connectivity index (χ3n) is 3.53. The summed E-state index contributed by atoms with van der Waals surface area (Å²) in [5.41, 5.74) is 2.17. The quantitative estimate of drug-likeness (QED) is 0.902. The van der Waals surface area contributed by atoms with Crippen molar-refractivity contribution in [1.29, 1.82) is 0 Å². The number of nitrogens with one attached hydrogen (secondary N) is 1. The van der Waals surface area contributed by atoms with Gasteiger partial charge in [0.1, 0.15) is 5.75 Å². The maximum absolute atomic E-state index is 12.4. The first kappa shape index (κ1) is 17.3. The summed E-state index contributed by atoms with van der Waals surface area (Å²) in [7, 11) is -1.98. The Morgan fingerprint density at radius 3 is 2.26 bits per heavy atom. The van der Waals surface area contributed by atoms with Crippen LogP contribution in [0.2, 0.25) is 0 Å². The summed E-state index contributed by atoms with van der Waals surface area (Å²) >= 11 is 0. The van der Waals surface area contributed by atoms with Gasteiger partial charge in [0.05, 0.1) is 18.6 Å². The van der Waals surface area contributed by atoms with Gasteiger partial charge < -0.3 is 4.74 Å². The number of ether oxygens (including phenoxy) is 1. The molecular weight excluding hydrogens is 310 g/mol. The first-order valence-electron chi connectivity index (χ1n) is 7.44. The lowest BCUT2D eigenvalue weighted by molar-refractivity contribution is 0.416. The Kier molecular flexibility index (Phi) is 5.00. The molecule has 0 amide bonds. The fourth-order valence-corrected chi connectivity index (χ4v) is 3.45. The first-order valence-corrected chi connectivity index (χ1v) is 9.09. The molecule has 0 saturated carbocycles. The van der Waals surface area contributed by atoms with Crippen LogP contribution in [0.4, 0.5) is 5.69 Å². The van der Waals surface area contributed by atoms with E-state index >= 15 is 0 Å². The van der Waals surface area contributed by atoms with E-state index in [1.54, 1.807) is 18.2 Å². The van der Waals surface area contributed by atoms with Crippen molar-refractivity contribution in [2.24, 2.45) is 0 Å². The standard InChI is InChI=1S/C18H23NO3S/c1-18(2,3)15-10-11-17(22-4)16(12-15)19-23(20,21)13-14-8-6-5-7-9-14/h5-12,19H,13H2,1-4H3. The number of hydrogen-bond acceptors (Lipinski definition) is 3. The summed E-state index contributed by atoms with van der Waals surface area (Å²) < 4.78 is 32.8. The molecule has 0 aliphatic carbocycles. The van der Waals surface area contributed by atoms with E-state index in [1.807, 2.05) is 30.3 Å². The SMILES string of the molecule is COc1ccc(C(C)(C)C)cc1NS(=O)(=O)Cc1ccccc1. The van der Waals surface area contributed by atoms with Crippen LogP contribution in [0.3, 0.4) is 0 Å². The predicted octanol–water partition coefficient (Wildman–Crippen LogP) is 3.93. The van der Waals surface area contributed by atoms with E-state index in [4.69, 9.17) is 4.74 Å². The van der Waals surface area contributed by atoms with Crippen LogP contribution < -0.4 is 9.46 Å². The molecule has 0 atom stereocenters. The minimum atomic E-state index is -3.51. The molecule has 0 fully saturated rings. The Hall–Kier alpha value is -2.01. The third kappa shape index (κ3) is 4.73. The van der Waals surface area contributed by atoms with Crippen molar-refractivity contribution >= 4 is 15.7 Å². The maximum atomic E-state index is 12.4. The molecule has 4 nitrogen and oxygen atoms in total. The summed E-state index contributed by atoms with van der Waals surface area (Å²) in [6, 6.07) is 14.7. The minimum Gasteiger partial charge on any atom is -0.495 e. The molecule has 23 heavy (non-hydrogen) atoms. The van der Waals surface area contributed by atoms with E-state index in [1.165, 1.54) is 7.11 Å². The van der Waals surface area contributed by atoms with Crippen molar-refractivity contribution < 1.29 is 13.2 Å². The molecule has 0 aliphatic heterocycles. The summed E-state index contributed by atoms with van der Waals surface area (Å²) in [4.78, 5) is 0. The second kappa shape index (κ2) is 6.62. The normalized spacial score (nSPS) is 12.0. The van der Waals surface area contributed by atoms with Gasteiger partial charge in [-0.15, -0.1) is 0 Å². The van der Waals surface area contributed by atoms with E-state index in [0.29, 0.717) is 11.4 Å². The largest absolute Gasteiger partial charge is 0.495 e. The van der Waals surface area contributed by atoms with Crippen LogP contribution in [-0.2, 0) is 21.2 Å². The van der Waals surface area contributed by atoms with Crippen LogP contribution in [0.15, 0.2) is 48.5 Å². The van der Waals surface area contributed by atoms with Crippen LogP contribution in [0.1, 0.15) is 31.9 Å². The lowest BCUT2D eigenvalue weighted by Crippen LogP contribution is -2.17. The van der Waals surface area contributed by atoms with Gasteiger partial charge in [0.2, 0.25) is 10.0 Å². The molecule has 124 valence electrons. The third-order valence-corrected chi connectivity index (χ3v) is 4.77. The second-order valence-electron chi connectivity index (χ2n) is 6.51. The Balaban J connectivity index is 2.30. The highest BCUT2D eigenvalue weighted by molar-refractivity contribution is 7.91. The zero-order valence-electron chi connectivity index (χ0n) is 14.0. The van der Waals surface area contributed by atoms with Gasteiger partial charge in [-0.25, -0.2) is 8.42 Å². The van der Waals surface area contributed by atoms with E-state index in [9.17, 15) is 8.42 Å². The Labute approximate surface area is 138 Å². The lowest BCUT2D eigenvalue weighted by atomic mass is 9.87. The molecule has 1 N–H and O–H groups in total. The fourth-order valence-electron chi connectivity index (χ4n) is 2.25. The summed E-state index contributed by atoms with van der Waals surface area (Å²) in [6.45, 7) is 6.24. The number of benzene rings is 2. The number of hydrogen-bond donors (Lipinski definition) is 1. The maximum Gasteiger partial charge on any atom is 0.237 e. The fraction of sp³-hybridized carbons (Fsp3) is 0.333. The van der Waals surface area contributed by atoms with Gasteiger partial charge in [-0.2, -0.15) is 0 Å². The van der Waals surface area contributed by atoms with Gasteiger partial charge in [0, 0.05) is 0 Å². The van der Waals surface area contributed by atoms with Gasteiger partial charge in [-0.3, -0.25) is 4.72 Å². The van der Waals surface area contributed by atoms with Crippen LogP contribution in [0.25, 0.3) is 0 Å². The van der Waals surface area contributed by atoms with E-state index < -0.39 is 10.0 Å². The molecule has 5 heteroatoms. The Morgan fingerprint density at radius 1 is 1.04 bits per heavy atom. The summed E-state index contributed by atoms with van der Waals surface area (Å²) in [6.07, 6.45) is 0. The van der Waals surface area contributed by atoms with Crippen LogP contribution >= 0.6 is 0 Å². The van der Waals surface area contributed by atoms with Crippen molar-refractivity contribution in [3.8, 4) is 5.75 Å².